The molecule has 25 heavy (non-hydrogen) atoms. The van der Waals surface area contributed by atoms with E-state index in [-0.39, 0.29) is 11.9 Å². The minimum absolute atomic E-state index is 0.128. The van der Waals surface area contributed by atoms with E-state index >= 15 is 0 Å². The van der Waals surface area contributed by atoms with Crippen LogP contribution >= 0.6 is 11.9 Å². The van der Waals surface area contributed by atoms with Crippen LogP contribution in [0.5, 0.6) is 0 Å². The Balaban J connectivity index is 1.76. The molecule has 2 atom stereocenters. The first-order chi connectivity index (χ1) is 11.9. The Morgan fingerprint density at radius 2 is 1.76 bits per heavy atom. The van der Waals surface area contributed by atoms with Gasteiger partial charge in [0.1, 0.15) is 0 Å². The van der Waals surface area contributed by atoms with Crippen molar-refractivity contribution in [3.8, 4) is 0 Å². The maximum Gasteiger partial charge on any atom is 0.416 e. The minimum Gasteiger partial charge on any atom is -0.298 e. The maximum absolute atomic E-state index is 12.9. The number of carbonyl (C=O) groups excluding carboxylic acids is 1. The zero-order valence-electron chi connectivity index (χ0n) is 14.3. The number of rotatable bonds is 4. The van der Waals surface area contributed by atoms with Crippen LogP contribution < -0.4 is 0 Å². The van der Waals surface area contributed by atoms with Gasteiger partial charge in [-0.3, -0.25) is 14.0 Å². The highest BCUT2D eigenvalue weighted by atomic mass is 32.2. The molecular weight excluding hydrogens is 349 g/mol. The molecule has 0 spiro atoms. The van der Waals surface area contributed by atoms with Crippen molar-refractivity contribution in [1.29, 1.82) is 0 Å². The molecule has 0 bridgehead atoms. The Hall–Kier alpha value is -1.21. The van der Waals surface area contributed by atoms with Crippen LogP contribution in [-0.4, -0.2) is 46.5 Å². The lowest BCUT2D eigenvalue weighted by atomic mass is 10.1. The van der Waals surface area contributed by atoms with Gasteiger partial charge in [0.05, 0.1) is 11.6 Å². The van der Waals surface area contributed by atoms with Crippen LogP contribution in [0, 0.1) is 0 Å². The van der Waals surface area contributed by atoms with Gasteiger partial charge in [-0.2, -0.15) is 13.2 Å². The summed E-state index contributed by atoms with van der Waals surface area (Å²) in [6.45, 7) is 2.16. The van der Waals surface area contributed by atoms with Crippen LogP contribution in [0.1, 0.15) is 48.0 Å². The molecule has 0 aromatic heterocycles. The molecule has 1 saturated heterocycles. The third-order valence-corrected chi connectivity index (χ3v) is 6.04. The van der Waals surface area contributed by atoms with E-state index in [9.17, 15) is 18.0 Å². The number of nitrogens with zero attached hydrogens (tertiary/aromatic N) is 2. The average Bonchev–Trinajstić information content (AvgIpc) is 3.26. The first kappa shape index (κ1) is 18.6. The minimum atomic E-state index is -4.38. The normalized spacial score (nSPS) is 24.6. The first-order valence-electron chi connectivity index (χ1n) is 8.71. The SMILES string of the molecule is CSN(C(=O)c1ccc(C(F)(F)F)cc1)C1CCCC1N1CCCC1. The van der Waals surface area contributed by atoms with Crippen molar-refractivity contribution < 1.29 is 18.0 Å². The van der Waals surface area contributed by atoms with Crippen LogP contribution in [0.2, 0.25) is 0 Å². The molecule has 1 saturated carbocycles. The maximum atomic E-state index is 12.9. The third kappa shape index (κ3) is 3.97. The molecule has 1 aromatic rings. The van der Waals surface area contributed by atoms with E-state index in [0.717, 1.165) is 44.5 Å². The highest BCUT2D eigenvalue weighted by molar-refractivity contribution is 7.96. The van der Waals surface area contributed by atoms with Gasteiger partial charge in [0.2, 0.25) is 0 Å². The average molecular weight is 372 g/mol. The zero-order chi connectivity index (χ0) is 18.0. The fourth-order valence-electron chi connectivity index (χ4n) is 3.99. The van der Waals surface area contributed by atoms with E-state index < -0.39 is 11.7 Å². The summed E-state index contributed by atoms with van der Waals surface area (Å²) >= 11 is 1.38. The Labute approximate surface area is 150 Å². The number of carbonyl (C=O) groups is 1. The van der Waals surface area contributed by atoms with Gasteiger partial charge in [-0.05, 0) is 69.5 Å². The largest absolute Gasteiger partial charge is 0.416 e. The first-order valence-corrected chi connectivity index (χ1v) is 9.89. The summed E-state index contributed by atoms with van der Waals surface area (Å²) in [6, 6.07) is 5.04. The lowest BCUT2D eigenvalue weighted by Crippen LogP contribution is -2.47. The van der Waals surface area contributed by atoms with Crippen LogP contribution in [0.15, 0.2) is 24.3 Å². The van der Waals surface area contributed by atoms with Gasteiger partial charge in [-0.1, -0.05) is 11.9 Å². The van der Waals surface area contributed by atoms with Crippen molar-refractivity contribution in [3.05, 3.63) is 35.4 Å². The molecule has 3 rings (SSSR count). The molecule has 2 fully saturated rings. The summed E-state index contributed by atoms with van der Waals surface area (Å²) in [6.07, 6.45) is 3.01. The molecule has 7 heteroatoms. The number of alkyl halides is 3. The molecule has 1 heterocycles. The quantitative estimate of drug-likeness (QED) is 0.730. The predicted molar refractivity (Wildman–Crippen MR) is 93.4 cm³/mol. The molecule has 1 amide bonds. The fraction of sp³-hybridized carbons (Fsp3) is 0.611. The smallest absolute Gasteiger partial charge is 0.298 e. The summed E-state index contributed by atoms with van der Waals surface area (Å²) in [5, 5.41) is 0. The van der Waals surface area contributed by atoms with Crippen molar-refractivity contribution in [2.75, 3.05) is 19.3 Å². The van der Waals surface area contributed by atoms with Gasteiger partial charge >= 0.3 is 6.18 Å². The van der Waals surface area contributed by atoms with Gasteiger partial charge in [0, 0.05) is 17.9 Å². The van der Waals surface area contributed by atoms with Crippen molar-refractivity contribution in [3.63, 3.8) is 0 Å². The molecule has 2 aliphatic rings. The van der Waals surface area contributed by atoms with E-state index in [1.54, 1.807) is 4.31 Å². The number of halogens is 3. The summed E-state index contributed by atoms with van der Waals surface area (Å²) < 4.78 is 39.9. The Morgan fingerprint density at radius 3 is 2.32 bits per heavy atom. The van der Waals surface area contributed by atoms with E-state index in [1.807, 2.05) is 6.26 Å². The standard InChI is InChI=1S/C18H23F3N2OS/c1-25-23(16-6-4-5-15(16)22-11-2-3-12-22)17(24)13-7-9-14(10-8-13)18(19,20)21/h7-10,15-16H,2-6,11-12H2,1H3. The van der Waals surface area contributed by atoms with E-state index in [4.69, 9.17) is 0 Å². The molecule has 2 unspecified atom stereocenters. The Kier molecular flexibility index (Phi) is 5.63. The predicted octanol–water partition coefficient (Wildman–Crippen LogP) is 4.44. The van der Waals surface area contributed by atoms with Crippen molar-refractivity contribution >= 4 is 17.9 Å². The lowest BCUT2D eigenvalue weighted by Gasteiger charge is -2.35. The molecule has 3 nitrogen and oxygen atoms in total. The summed E-state index contributed by atoms with van der Waals surface area (Å²) in [5.74, 6) is -0.197. The zero-order valence-corrected chi connectivity index (χ0v) is 15.1. The topological polar surface area (TPSA) is 23.6 Å². The Bertz CT molecular complexity index is 599. The number of amides is 1. The molecule has 1 aliphatic carbocycles. The van der Waals surface area contributed by atoms with Crippen LogP contribution in [-0.2, 0) is 6.18 Å². The highest BCUT2D eigenvalue weighted by Gasteiger charge is 2.39. The van der Waals surface area contributed by atoms with Gasteiger partial charge < -0.3 is 0 Å². The highest BCUT2D eigenvalue weighted by Crippen LogP contribution is 2.35. The van der Waals surface area contributed by atoms with Gasteiger partial charge in [0.15, 0.2) is 0 Å². The number of benzene rings is 1. The van der Waals surface area contributed by atoms with E-state index in [2.05, 4.69) is 4.90 Å². The van der Waals surface area contributed by atoms with Crippen molar-refractivity contribution in [2.24, 2.45) is 0 Å². The summed E-state index contributed by atoms with van der Waals surface area (Å²) in [7, 11) is 0. The third-order valence-electron chi connectivity index (χ3n) is 5.21. The molecule has 1 aliphatic heterocycles. The van der Waals surface area contributed by atoms with E-state index in [0.29, 0.717) is 11.6 Å². The number of hydrogen-bond donors (Lipinski definition) is 0. The van der Waals surface area contributed by atoms with Gasteiger partial charge in [-0.15, -0.1) is 0 Å². The van der Waals surface area contributed by atoms with Crippen molar-refractivity contribution in [2.45, 2.75) is 50.4 Å². The molecular formula is C18H23F3N2OS. The van der Waals surface area contributed by atoms with Gasteiger partial charge in [0.25, 0.3) is 5.91 Å². The second-order valence-electron chi connectivity index (χ2n) is 6.70. The number of hydrogen-bond acceptors (Lipinski definition) is 3. The van der Waals surface area contributed by atoms with Crippen LogP contribution in [0.3, 0.4) is 0 Å². The lowest BCUT2D eigenvalue weighted by molar-refractivity contribution is -0.137. The van der Waals surface area contributed by atoms with E-state index in [1.165, 1.54) is 36.9 Å². The monoisotopic (exact) mass is 372 g/mol. The summed E-state index contributed by atoms with van der Waals surface area (Å²) in [4.78, 5) is 15.4. The second-order valence-corrected chi connectivity index (χ2v) is 7.46. The molecule has 0 radical (unpaired) electrons. The summed E-state index contributed by atoms with van der Waals surface area (Å²) in [5.41, 5.74) is -0.412. The molecule has 1 aromatic carbocycles. The second kappa shape index (κ2) is 7.58. The van der Waals surface area contributed by atoms with Crippen molar-refractivity contribution in [1.82, 2.24) is 9.21 Å². The molecule has 138 valence electrons. The van der Waals surface area contributed by atoms with Gasteiger partial charge in [-0.25, -0.2) is 0 Å². The van der Waals surface area contributed by atoms with Crippen LogP contribution in [0.25, 0.3) is 0 Å². The van der Waals surface area contributed by atoms with Crippen LogP contribution in [0.4, 0.5) is 13.2 Å². The molecule has 0 N–H and O–H groups in total. The Morgan fingerprint density at radius 1 is 1.12 bits per heavy atom. The number of likely N-dealkylation sites (tertiary alicyclic amines) is 1. The fourth-order valence-corrected chi connectivity index (χ4v) is 4.78.